The molecule has 0 unspecified atom stereocenters. The van der Waals surface area contributed by atoms with Crippen molar-refractivity contribution >= 4 is 11.6 Å². The highest BCUT2D eigenvalue weighted by Crippen LogP contribution is 2.44. The zero-order chi connectivity index (χ0) is 15.5. The van der Waals surface area contributed by atoms with Gasteiger partial charge in [0.25, 0.3) is 0 Å². The Balaban J connectivity index is 1.64. The van der Waals surface area contributed by atoms with E-state index in [1.807, 2.05) is 24.3 Å². The summed E-state index contributed by atoms with van der Waals surface area (Å²) >= 11 is 0. The number of hydrogen-bond acceptors (Lipinski definition) is 2. The Morgan fingerprint density at radius 2 is 2.05 bits per heavy atom. The summed E-state index contributed by atoms with van der Waals surface area (Å²) in [6.07, 6.45) is 1.03. The molecule has 0 aromatic heterocycles. The van der Waals surface area contributed by atoms with Crippen molar-refractivity contribution in [3.63, 3.8) is 0 Å². The summed E-state index contributed by atoms with van der Waals surface area (Å²) in [7, 11) is 1.69. The number of methoxy groups -OCH3 is 1. The zero-order valence-electron chi connectivity index (χ0n) is 12.9. The van der Waals surface area contributed by atoms with Crippen LogP contribution in [0.3, 0.4) is 0 Å². The molecule has 0 saturated heterocycles. The standard InChI is InChI=1S/C18H21N3O/c1-12-5-3-7-14(9-12)20-18(19)21-17-11-16(17)13-6-4-8-15(10-13)22-2/h3-10,16-17H,11H2,1-2H3,(H3,19,20,21)/t16-,17+/m0/s1. The Labute approximate surface area is 131 Å². The Morgan fingerprint density at radius 3 is 2.82 bits per heavy atom. The monoisotopic (exact) mass is 295 g/mol. The molecule has 2 atom stereocenters. The first-order valence-corrected chi connectivity index (χ1v) is 7.46. The third-order valence-corrected chi connectivity index (χ3v) is 3.87. The summed E-state index contributed by atoms with van der Waals surface area (Å²) in [5.41, 5.74) is 9.43. The van der Waals surface area contributed by atoms with E-state index in [0.717, 1.165) is 17.9 Å². The van der Waals surface area contributed by atoms with Crippen molar-refractivity contribution in [3.05, 3.63) is 59.7 Å². The van der Waals surface area contributed by atoms with Crippen LogP contribution >= 0.6 is 0 Å². The summed E-state index contributed by atoms with van der Waals surface area (Å²) in [4.78, 5) is 4.57. The van der Waals surface area contributed by atoms with E-state index in [2.05, 4.69) is 41.5 Å². The first-order chi connectivity index (χ1) is 10.7. The van der Waals surface area contributed by atoms with Gasteiger partial charge in [0.15, 0.2) is 5.96 Å². The van der Waals surface area contributed by atoms with Gasteiger partial charge in [-0.15, -0.1) is 0 Å². The molecule has 1 fully saturated rings. The smallest absolute Gasteiger partial charge is 0.193 e. The molecule has 4 heteroatoms. The van der Waals surface area contributed by atoms with Crippen LogP contribution in [0.2, 0.25) is 0 Å². The van der Waals surface area contributed by atoms with Crippen molar-refractivity contribution in [2.75, 3.05) is 12.4 Å². The highest BCUT2D eigenvalue weighted by atomic mass is 16.5. The van der Waals surface area contributed by atoms with Gasteiger partial charge in [0.1, 0.15) is 5.75 Å². The second kappa shape index (κ2) is 6.10. The van der Waals surface area contributed by atoms with Crippen molar-refractivity contribution < 1.29 is 4.74 Å². The lowest BCUT2D eigenvalue weighted by atomic mass is 10.1. The minimum Gasteiger partial charge on any atom is -0.497 e. The topological polar surface area (TPSA) is 59.6 Å². The molecule has 0 aliphatic heterocycles. The van der Waals surface area contributed by atoms with Crippen molar-refractivity contribution in [2.24, 2.45) is 10.7 Å². The van der Waals surface area contributed by atoms with Gasteiger partial charge in [-0.2, -0.15) is 0 Å². The number of rotatable bonds is 4. The third-order valence-electron chi connectivity index (χ3n) is 3.87. The third kappa shape index (κ3) is 3.39. The van der Waals surface area contributed by atoms with Crippen LogP contribution in [-0.2, 0) is 0 Å². The minimum absolute atomic E-state index is 0.254. The van der Waals surface area contributed by atoms with Crippen LogP contribution in [0.25, 0.3) is 0 Å². The molecule has 1 saturated carbocycles. The van der Waals surface area contributed by atoms with Gasteiger partial charge in [-0.25, -0.2) is 4.99 Å². The van der Waals surface area contributed by atoms with E-state index >= 15 is 0 Å². The molecule has 1 aliphatic rings. The van der Waals surface area contributed by atoms with Crippen molar-refractivity contribution in [3.8, 4) is 5.75 Å². The first kappa shape index (κ1) is 14.4. The summed E-state index contributed by atoms with van der Waals surface area (Å²) in [5, 5.41) is 3.15. The van der Waals surface area contributed by atoms with Gasteiger partial charge in [0.05, 0.1) is 13.2 Å². The Bertz CT molecular complexity index is 696. The molecule has 0 amide bonds. The van der Waals surface area contributed by atoms with Crippen molar-refractivity contribution in [1.29, 1.82) is 0 Å². The summed E-state index contributed by atoms with van der Waals surface area (Å²) in [5.74, 6) is 1.80. The molecular formula is C18H21N3O. The Kier molecular flexibility index (Phi) is 4.00. The lowest BCUT2D eigenvalue weighted by Crippen LogP contribution is -2.23. The second-order valence-corrected chi connectivity index (χ2v) is 5.69. The lowest BCUT2D eigenvalue weighted by Gasteiger charge is -2.06. The number of guanidine groups is 1. The number of anilines is 1. The molecular weight excluding hydrogens is 274 g/mol. The zero-order valence-corrected chi connectivity index (χ0v) is 12.9. The van der Waals surface area contributed by atoms with E-state index in [1.165, 1.54) is 11.1 Å². The van der Waals surface area contributed by atoms with Crippen LogP contribution in [0, 0.1) is 6.92 Å². The van der Waals surface area contributed by atoms with Crippen LogP contribution in [0.15, 0.2) is 53.5 Å². The molecule has 3 N–H and O–H groups in total. The number of nitrogens with two attached hydrogens (primary N) is 1. The van der Waals surface area contributed by atoms with E-state index in [0.29, 0.717) is 11.9 Å². The molecule has 1 aliphatic carbocycles. The average Bonchev–Trinajstić information content (AvgIpc) is 3.26. The van der Waals surface area contributed by atoms with E-state index in [4.69, 9.17) is 10.5 Å². The Morgan fingerprint density at radius 1 is 1.23 bits per heavy atom. The average molecular weight is 295 g/mol. The maximum absolute atomic E-state index is 6.01. The fourth-order valence-electron chi connectivity index (χ4n) is 2.64. The summed E-state index contributed by atoms with van der Waals surface area (Å²) in [6, 6.07) is 16.5. The molecule has 2 aromatic rings. The molecule has 4 nitrogen and oxygen atoms in total. The van der Waals surface area contributed by atoms with Gasteiger partial charge in [-0.05, 0) is 48.7 Å². The summed E-state index contributed by atoms with van der Waals surface area (Å²) < 4.78 is 5.27. The quantitative estimate of drug-likeness (QED) is 0.672. The number of ether oxygens (including phenoxy) is 1. The number of nitrogens with zero attached hydrogens (tertiary/aromatic N) is 1. The molecule has 0 bridgehead atoms. The first-order valence-electron chi connectivity index (χ1n) is 7.46. The second-order valence-electron chi connectivity index (χ2n) is 5.69. The maximum atomic E-state index is 6.01. The largest absolute Gasteiger partial charge is 0.497 e. The highest BCUT2D eigenvalue weighted by molar-refractivity contribution is 5.92. The number of aryl methyl sites for hydroxylation is 1. The Hall–Kier alpha value is -2.49. The predicted octanol–water partition coefficient (Wildman–Crippen LogP) is 3.29. The molecule has 22 heavy (non-hydrogen) atoms. The van der Waals surface area contributed by atoms with E-state index in [-0.39, 0.29) is 6.04 Å². The van der Waals surface area contributed by atoms with Gasteiger partial charge in [0, 0.05) is 11.6 Å². The molecule has 0 radical (unpaired) electrons. The molecule has 2 aromatic carbocycles. The van der Waals surface area contributed by atoms with Crippen molar-refractivity contribution in [2.45, 2.75) is 25.3 Å². The van der Waals surface area contributed by atoms with E-state index in [1.54, 1.807) is 7.11 Å². The maximum Gasteiger partial charge on any atom is 0.193 e. The fraction of sp³-hybridized carbons (Fsp3) is 0.278. The SMILES string of the molecule is COc1cccc([C@@H]2C[C@H]2N=C(N)Nc2cccc(C)c2)c1. The normalized spacial score (nSPS) is 20.5. The van der Waals surface area contributed by atoms with Crippen LogP contribution in [-0.4, -0.2) is 19.1 Å². The minimum atomic E-state index is 0.254. The number of hydrogen-bond donors (Lipinski definition) is 2. The van der Waals surface area contributed by atoms with E-state index < -0.39 is 0 Å². The lowest BCUT2D eigenvalue weighted by molar-refractivity contribution is 0.414. The number of nitrogens with one attached hydrogen (secondary N) is 1. The van der Waals surface area contributed by atoms with Crippen LogP contribution in [0.4, 0.5) is 5.69 Å². The van der Waals surface area contributed by atoms with Crippen LogP contribution in [0.5, 0.6) is 5.75 Å². The number of benzene rings is 2. The van der Waals surface area contributed by atoms with Crippen LogP contribution < -0.4 is 15.8 Å². The van der Waals surface area contributed by atoms with Gasteiger partial charge < -0.3 is 15.8 Å². The van der Waals surface area contributed by atoms with Crippen molar-refractivity contribution in [1.82, 2.24) is 0 Å². The van der Waals surface area contributed by atoms with Gasteiger partial charge >= 0.3 is 0 Å². The predicted molar refractivity (Wildman–Crippen MR) is 90.6 cm³/mol. The van der Waals surface area contributed by atoms with E-state index in [9.17, 15) is 0 Å². The number of aliphatic imine (C=N–C) groups is 1. The van der Waals surface area contributed by atoms with Gasteiger partial charge in [-0.3, -0.25) is 0 Å². The molecule has 3 rings (SSSR count). The molecule has 114 valence electrons. The fourth-order valence-corrected chi connectivity index (χ4v) is 2.64. The van der Waals surface area contributed by atoms with Gasteiger partial charge in [0.2, 0.25) is 0 Å². The van der Waals surface area contributed by atoms with Gasteiger partial charge in [-0.1, -0.05) is 24.3 Å². The molecule has 0 heterocycles. The van der Waals surface area contributed by atoms with Crippen LogP contribution in [0.1, 0.15) is 23.5 Å². The molecule has 0 spiro atoms. The highest BCUT2D eigenvalue weighted by Gasteiger charge is 2.38. The summed E-state index contributed by atoms with van der Waals surface area (Å²) in [6.45, 7) is 2.05.